The van der Waals surface area contributed by atoms with Crippen LogP contribution in [-0.2, 0) is 20.7 Å². The number of hydrogen-bond donors (Lipinski definition) is 1. The first-order chi connectivity index (χ1) is 17.7. The van der Waals surface area contributed by atoms with Crippen LogP contribution in [0.4, 0.5) is 4.79 Å². The highest BCUT2D eigenvalue weighted by Crippen LogP contribution is 2.37. The first-order valence-corrected chi connectivity index (χ1v) is 13.5. The van der Waals surface area contributed by atoms with Crippen molar-refractivity contribution in [1.82, 2.24) is 5.32 Å². The lowest BCUT2D eigenvalue weighted by atomic mass is 10.1. The molecule has 2 aromatic carbocycles. The molecule has 0 radical (unpaired) electrons. The lowest BCUT2D eigenvalue weighted by Gasteiger charge is -2.22. The highest BCUT2D eigenvalue weighted by atomic mass is 32.1. The lowest BCUT2D eigenvalue weighted by molar-refractivity contribution is -0.143. The van der Waals surface area contributed by atoms with Crippen molar-refractivity contribution in [2.24, 2.45) is 0 Å². The Morgan fingerprint density at radius 3 is 2.11 bits per heavy atom. The van der Waals surface area contributed by atoms with Gasteiger partial charge in [0.15, 0.2) is 0 Å². The SMILES string of the molecule is COC(=O)[C@@H](Cc1ccc(Oc2ccc(-c3ccc(-c4cccs4)s3)cc2)cc1)NC(=O)OC(C)(C)C. The second kappa shape index (κ2) is 11.6. The van der Waals surface area contributed by atoms with Crippen molar-refractivity contribution >= 4 is 34.7 Å². The predicted octanol–water partition coefficient (Wildman–Crippen LogP) is 7.54. The summed E-state index contributed by atoms with van der Waals surface area (Å²) < 4.78 is 16.1. The summed E-state index contributed by atoms with van der Waals surface area (Å²) in [7, 11) is 1.29. The van der Waals surface area contributed by atoms with Crippen molar-refractivity contribution in [3.05, 3.63) is 83.7 Å². The maximum absolute atomic E-state index is 12.2. The highest BCUT2D eigenvalue weighted by Gasteiger charge is 2.25. The molecule has 1 atom stereocenters. The molecule has 0 saturated carbocycles. The fourth-order valence-electron chi connectivity index (χ4n) is 3.58. The third-order valence-corrected chi connectivity index (χ3v) is 7.48. The number of carbonyl (C=O) groups excluding carboxylic acids is 2. The molecule has 0 bridgehead atoms. The Morgan fingerprint density at radius 1 is 0.865 bits per heavy atom. The minimum Gasteiger partial charge on any atom is -0.467 e. The number of methoxy groups -OCH3 is 1. The standard InChI is InChI=1S/C29H29NO5S2/c1-29(2,3)35-28(32)30-23(27(31)33-4)18-19-7-11-21(12-8-19)34-22-13-9-20(10-14-22)24-15-16-26(37-24)25-6-5-17-36-25/h5-17,23H,18H2,1-4H3,(H,30,32)/t23-/m1/s1. The topological polar surface area (TPSA) is 73.9 Å². The van der Waals surface area contributed by atoms with Gasteiger partial charge in [-0.15, -0.1) is 22.7 Å². The van der Waals surface area contributed by atoms with Crippen LogP contribution >= 0.6 is 22.7 Å². The molecule has 1 amide bonds. The minimum atomic E-state index is -0.864. The van der Waals surface area contributed by atoms with Crippen LogP contribution in [0.1, 0.15) is 26.3 Å². The molecule has 0 fully saturated rings. The number of esters is 1. The van der Waals surface area contributed by atoms with Gasteiger partial charge in [-0.1, -0.05) is 18.2 Å². The molecule has 0 unspecified atom stereocenters. The Labute approximate surface area is 224 Å². The summed E-state index contributed by atoms with van der Waals surface area (Å²) in [6.45, 7) is 5.28. The number of amides is 1. The first-order valence-electron chi connectivity index (χ1n) is 11.8. The molecule has 37 heavy (non-hydrogen) atoms. The van der Waals surface area contributed by atoms with Gasteiger partial charge in [-0.05, 0) is 91.9 Å². The highest BCUT2D eigenvalue weighted by molar-refractivity contribution is 7.23. The van der Waals surface area contributed by atoms with Crippen LogP contribution in [0.15, 0.2) is 78.2 Å². The molecule has 0 aliphatic rings. The number of rotatable bonds is 8. The molecule has 0 saturated heterocycles. The Balaban J connectivity index is 1.37. The molecule has 0 aliphatic carbocycles. The van der Waals surface area contributed by atoms with Crippen LogP contribution in [0.3, 0.4) is 0 Å². The van der Waals surface area contributed by atoms with Crippen molar-refractivity contribution in [2.75, 3.05) is 7.11 Å². The average molecular weight is 536 g/mol. The molecule has 0 aliphatic heterocycles. The normalized spacial score (nSPS) is 12.0. The Morgan fingerprint density at radius 2 is 1.51 bits per heavy atom. The summed E-state index contributed by atoms with van der Waals surface area (Å²) in [4.78, 5) is 28.1. The monoisotopic (exact) mass is 535 g/mol. The van der Waals surface area contributed by atoms with Gasteiger partial charge in [0.1, 0.15) is 23.1 Å². The van der Waals surface area contributed by atoms with Gasteiger partial charge >= 0.3 is 12.1 Å². The van der Waals surface area contributed by atoms with Crippen molar-refractivity contribution in [2.45, 2.75) is 38.8 Å². The van der Waals surface area contributed by atoms with E-state index in [-0.39, 0.29) is 6.42 Å². The number of alkyl carbamates (subject to hydrolysis) is 1. The van der Waals surface area contributed by atoms with Crippen LogP contribution in [0.2, 0.25) is 0 Å². The van der Waals surface area contributed by atoms with Crippen LogP contribution in [0, 0.1) is 0 Å². The molecule has 4 rings (SSSR count). The van der Waals surface area contributed by atoms with E-state index in [0.717, 1.165) is 16.9 Å². The summed E-state index contributed by atoms with van der Waals surface area (Å²) in [5.74, 6) is 0.854. The molecule has 192 valence electrons. The van der Waals surface area contributed by atoms with Gasteiger partial charge < -0.3 is 19.5 Å². The van der Waals surface area contributed by atoms with Crippen molar-refractivity contribution < 1.29 is 23.8 Å². The number of carbonyl (C=O) groups is 2. The Hall–Kier alpha value is -3.62. The zero-order chi connectivity index (χ0) is 26.4. The zero-order valence-corrected chi connectivity index (χ0v) is 22.8. The van der Waals surface area contributed by atoms with E-state index < -0.39 is 23.7 Å². The predicted molar refractivity (Wildman–Crippen MR) is 148 cm³/mol. The van der Waals surface area contributed by atoms with E-state index in [4.69, 9.17) is 14.2 Å². The van der Waals surface area contributed by atoms with Gasteiger partial charge in [0, 0.05) is 21.1 Å². The van der Waals surface area contributed by atoms with Crippen LogP contribution in [-0.4, -0.2) is 30.8 Å². The summed E-state index contributed by atoms with van der Waals surface area (Å²) in [5, 5.41) is 4.68. The maximum Gasteiger partial charge on any atom is 0.408 e. The second-order valence-electron chi connectivity index (χ2n) is 9.34. The zero-order valence-electron chi connectivity index (χ0n) is 21.1. The Kier molecular flexibility index (Phi) is 8.31. The van der Waals surface area contributed by atoms with Gasteiger partial charge in [-0.3, -0.25) is 0 Å². The average Bonchev–Trinajstić information content (AvgIpc) is 3.56. The molecular formula is C29H29NO5S2. The molecular weight excluding hydrogens is 506 g/mol. The number of benzene rings is 2. The van der Waals surface area contributed by atoms with E-state index in [2.05, 4.69) is 47.1 Å². The number of hydrogen-bond acceptors (Lipinski definition) is 7. The largest absolute Gasteiger partial charge is 0.467 e. The van der Waals surface area contributed by atoms with E-state index in [1.54, 1.807) is 43.4 Å². The van der Waals surface area contributed by atoms with Gasteiger partial charge in [0.25, 0.3) is 0 Å². The third-order valence-electron chi connectivity index (χ3n) is 5.28. The summed E-state index contributed by atoms with van der Waals surface area (Å²) in [6.07, 6.45) is -0.411. The van der Waals surface area contributed by atoms with Gasteiger partial charge in [0.05, 0.1) is 7.11 Å². The second-order valence-corrected chi connectivity index (χ2v) is 11.4. The maximum atomic E-state index is 12.2. The summed E-state index contributed by atoms with van der Waals surface area (Å²) >= 11 is 3.51. The number of thiophene rings is 2. The smallest absolute Gasteiger partial charge is 0.408 e. The van der Waals surface area contributed by atoms with E-state index in [0.29, 0.717) is 5.75 Å². The molecule has 2 aromatic heterocycles. The fourth-order valence-corrected chi connectivity index (χ4v) is 5.43. The number of nitrogens with one attached hydrogen (secondary N) is 1. The third kappa shape index (κ3) is 7.44. The quantitative estimate of drug-likeness (QED) is 0.236. The molecule has 1 N–H and O–H groups in total. The van der Waals surface area contributed by atoms with Crippen LogP contribution in [0.5, 0.6) is 11.5 Å². The summed E-state index contributed by atoms with van der Waals surface area (Å²) in [6, 6.07) is 23.0. The van der Waals surface area contributed by atoms with Gasteiger partial charge in [0.2, 0.25) is 0 Å². The van der Waals surface area contributed by atoms with Crippen molar-refractivity contribution in [3.63, 3.8) is 0 Å². The van der Waals surface area contributed by atoms with Crippen LogP contribution < -0.4 is 10.1 Å². The molecule has 2 heterocycles. The lowest BCUT2D eigenvalue weighted by Crippen LogP contribution is -2.45. The van der Waals surface area contributed by atoms with Crippen molar-refractivity contribution in [1.29, 1.82) is 0 Å². The van der Waals surface area contributed by atoms with E-state index in [9.17, 15) is 9.59 Å². The fraction of sp³-hybridized carbons (Fsp3) is 0.241. The molecule has 8 heteroatoms. The first kappa shape index (κ1) is 26.4. The van der Waals surface area contributed by atoms with Gasteiger partial charge in [-0.25, -0.2) is 9.59 Å². The number of ether oxygens (including phenoxy) is 3. The summed E-state index contributed by atoms with van der Waals surface area (Å²) in [5.41, 5.74) is 1.31. The molecule has 6 nitrogen and oxygen atoms in total. The van der Waals surface area contributed by atoms with Crippen molar-refractivity contribution in [3.8, 4) is 31.7 Å². The molecule has 0 spiro atoms. The minimum absolute atomic E-state index is 0.259. The molecule has 4 aromatic rings. The van der Waals surface area contributed by atoms with E-state index >= 15 is 0 Å². The van der Waals surface area contributed by atoms with Gasteiger partial charge in [-0.2, -0.15) is 0 Å². The van der Waals surface area contributed by atoms with E-state index in [1.807, 2.05) is 36.4 Å². The Bertz CT molecular complexity index is 1320. The van der Waals surface area contributed by atoms with E-state index in [1.165, 1.54) is 21.7 Å². The van der Waals surface area contributed by atoms with Crippen LogP contribution in [0.25, 0.3) is 20.2 Å².